The van der Waals surface area contributed by atoms with Crippen molar-refractivity contribution in [3.05, 3.63) is 30.0 Å². The van der Waals surface area contributed by atoms with Crippen LogP contribution in [0.25, 0.3) is 10.9 Å². The maximum Gasteiger partial charge on any atom is 0.340 e. The summed E-state index contributed by atoms with van der Waals surface area (Å²) in [4.78, 5) is 18.2. The van der Waals surface area contributed by atoms with E-state index in [1.165, 1.54) is 12.8 Å². The first-order valence-electron chi connectivity index (χ1n) is 8.24. The van der Waals surface area contributed by atoms with Gasteiger partial charge in [0, 0.05) is 36.5 Å². The first-order valence-corrected chi connectivity index (χ1v) is 8.24. The number of aromatic nitrogens is 1. The molecule has 0 radical (unpaired) electrons. The molecule has 1 aromatic heterocycles. The highest BCUT2D eigenvalue weighted by molar-refractivity contribution is 6.05. The molecule has 1 unspecified atom stereocenters. The zero-order valence-corrected chi connectivity index (χ0v) is 14.8. The molecular formula is C18H23ClN2O3. The quantitative estimate of drug-likeness (QED) is 0.862. The Kier molecular flexibility index (Phi) is 4.74. The molecule has 0 aliphatic carbocycles. The number of hydrogen-bond acceptors (Lipinski definition) is 4. The Morgan fingerprint density at radius 2 is 1.96 bits per heavy atom. The van der Waals surface area contributed by atoms with E-state index >= 15 is 0 Å². The first kappa shape index (κ1) is 17.1. The van der Waals surface area contributed by atoms with Crippen LogP contribution in [0.2, 0.25) is 0 Å². The van der Waals surface area contributed by atoms with Crippen molar-refractivity contribution in [2.24, 2.45) is 0 Å². The van der Waals surface area contributed by atoms with E-state index in [1.54, 1.807) is 13.3 Å². The fourth-order valence-electron chi connectivity index (χ4n) is 4.14. The van der Waals surface area contributed by atoms with Gasteiger partial charge in [-0.05, 0) is 26.0 Å². The summed E-state index contributed by atoms with van der Waals surface area (Å²) >= 11 is 0. The number of para-hydroxylation sites is 1. The molecule has 6 heteroatoms. The van der Waals surface area contributed by atoms with E-state index in [9.17, 15) is 4.79 Å². The van der Waals surface area contributed by atoms with Crippen LogP contribution in [0.5, 0.6) is 5.75 Å². The minimum absolute atomic E-state index is 0. The Balaban J connectivity index is 0.00000169. The maximum absolute atomic E-state index is 12.6. The molecule has 0 spiro atoms. The van der Waals surface area contributed by atoms with Gasteiger partial charge in [0.1, 0.15) is 11.9 Å². The summed E-state index contributed by atoms with van der Waals surface area (Å²) in [7, 11) is 3.81. The molecule has 2 saturated heterocycles. The number of carbonyl (C=O) groups excluding carboxylic acids is 1. The van der Waals surface area contributed by atoms with Crippen molar-refractivity contribution >= 4 is 29.3 Å². The second-order valence-corrected chi connectivity index (χ2v) is 6.63. The molecular weight excluding hydrogens is 328 g/mol. The van der Waals surface area contributed by atoms with Crippen LogP contribution in [0.15, 0.2) is 24.4 Å². The van der Waals surface area contributed by atoms with Crippen LogP contribution < -0.4 is 4.74 Å². The number of nitrogens with zero attached hydrogens (tertiary/aromatic N) is 1. The summed E-state index contributed by atoms with van der Waals surface area (Å²) in [6.07, 6.45) is 6.10. The summed E-state index contributed by atoms with van der Waals surface area (Å²) in [6.45, 7) is 0. The van der Waals surface area contributed by atoms with Gasteiger partial charge >= 0.3 is 5.97 Å². The molecule has 3 atom stereocenters. The van der Waals surface area contributed by atoms with Crippen molar-refractivity contribution in [2.75, 3.05) is 14.2 Å². The molecule has 2 fully saturated rings. The fraction of sp³-hybridized carbons (Fsp3) is 0.500. The largest absolute Gasteiger partial charge is 0.495 e. The van der Waals surface area contributed by atoms with Crippen molar-refractivity contribution in [1.82, 2.24) is 9.88 Å². The van der Waals surface area contributed by atoms with Crippen LogP contribution in [-0.4, -0.2) is 48.2 Å². The zero-order valence-electron chi connectivity index (χ0n) is 14.0. The lowest BCUT2D eigenvalue weighted by Crippen LogP contribution is -2.43. The summed E-state index contributed by atoms with van der Waals surface area (Å²) < 4.78 is 11.1. The molecule has 5 nitrogen and oxygen atoms in total. The lowest BCUT2D eigenvalue weighted by molar-refractivity contribution is -0.000258. The van der Waals surface area contributed by atoms with Crippen molar-refractivity contribution in [2.45, 2.75) is 43.9 Å². The molecule has 1 aromatic carbocycles. The normalized spacial score (nSPS) is 26.2. The monoisotopic (exact) mass is 350 g/mol. The van der Waals surface area contributed by atoms with Crippen LogP contribution in [0.4, 0.5) is 0 Å². The smallest absolute Gasteiger partial charge is 0.340 e. The number of aromatic amines is 1. The first-order chi connectivity index (χ1) is 11.2. The number of rotatable bonds is 3. The lowest BCUT2D eigenvalue weighted by Gasteiger charge is -2.35. The summed E-state index contributed by atoms with van der Waals surface area (Å²) in [5.41, 5.74) is 1.43. The van der Waals surface area contributed by atoms with E-state index in [4.69, 9.17) is 9.47 Å². The molecule has 0 saturated carbocycles. The van der Waals surface area contributed by atoms with Crippen LogP contribution in [-0.2, 0) is 4.74 Å². The molecule has 24 heavy (non-hydrogen) atoms. The molecule has 4 rings (SSSR count). The average Bonchev–Trinajstić information content (AvgIpc) is 3.05. The number of hydrogen-bond donors (Lipinski definition) is 1. The predicted molar refractivity (Wildman–Crippen MR) is 95.1 cm³/mol. The van der Waals surface area contributed by atoms with Gasteiger partial charge in [-0.3, -0.25) is 0 Å². The number of benzene rings is 1. The molecule has 2 bridgehead atoms. The van der Waals surface area contributed by atoms with Gasteiger partial charge in [-0.2, -0.15) is 0 Å². The van der Waals surface area contributed by atoms with Gasteiger partial charge in [0.2, 0.25) is 0 Å². The topological polar surface area (TPSA) is 54.6 Å². The van der Waals surface area contributed by atoms with E-state index < -0.39 is 0 Å². The van der Waals surface area contributed by atoms with Crippen molar-refractivity contribution in [3.63, 3.8) is 0 Å². The SMILES string of the molecule is COc1cccc2c(C(=O)OC3C[C@H]4CC[C@@H](C3)N4C)c[nH]c12.Cl. The predicted octanol–water partition coefficient (Wildman–Crippen LogP) is 3.38. The second-order valence-electron chi connectivity index (χ2n) is 6.63. The highest BCUT2D eigenvalue weighted by Crippen LogP contribution is 2.36. The van der Waals surface area contributed by atoms with Gasteiger partial charge in [-0.1, -0.05) is 12.1 Å². The van der Waals surface area contributed by atoms with Gasteiger partial charge in [-0.15, -0.1) is 12.4 Å². The average molecular weight is 351 g/mol. The third-order valence-electron chi connectivity index (χ3n) is 5.45. The molecule has 2 aliphatic rings. The number of esters is 1. The number of carbonyl (C=O) groups is 1. The Morgan fingerprint density at radius 1 is 1.25 bits per heavy atom. The number of H-pyrrole nitrogens is 1. The minimum Gasteiger partial charge on any atom is -0.495 e. The number of fused-ring (bicyclic) bond motifs is 3. The standard InChI is InChI=1S/C18H22N2O3.ClH/c1-20-11-6-7-12(20)9-13(8-11)23-18(21)15-10-19-17-14(15)4-3-5-16(17)22-2;/h3-5,10-13,19H,6-9H2,1-2H3;1H/t11-,12+,13?;. The number of piperidine rings is 1. The number of ether oxygens (including phenoxy) is 2. The molecule has 2 aromatic rings. The van der Waals surface area contributed by atoms with E-state index in [1.807, 2.05) is 18.2 Å². The Labute approximate surface area is 147 Å². The van der Waals surface area contributed by atoms with E-state index in [0.717, 1.165) is 29.5 Å². The lowest BCUT2D eigenvalue weighted by atomic mass is 10.0. The molecule has 3 heterocycles. The van der Waals surface area contributed by atoms with Crippen LogP contribution in [0, 0.1) is 0 Å². The second kappa shape index (κ2) is 6.65. The van der Waals surface area contributed by atoms with Crippen LogP contribution >= 0.6 is 12.4 Å². The summed E-state index contributed by atoms with van der Waals surface area (Å²) in [5, 5.41) is 0.852. The van der Waals surface area contributed by atoms with Gasteiger partial charge in [-0.25, -0.2) is 4.79 Å². The van der Waals surface area contributed by atoms with Crippen LogP contribution in [0.3, 0.4) is 0 Å². The third-order valence-corrected chi connectivity index (χ3v) is 5.45. The highest BCUT2D eigenvalue weighted by atomic mass is 35.5. The number of halogens is 1. The Hall–Kier alpha value is -1.72. The molecule has 2 aliphatic heterocycles. The van der Waals surface area contributed by atoms with Crippen molar-refractivity contribution < 1.29 is 14.3 Å². The zero-order chi connectivity index (χ0) is 16.0. The van der Waals surface area contributed by atoms with E-state index in [-0.39, 0.29) is 24.5 Å². The Morgan fingerprint density at radius 3 is 2.62 bits per heavy atom. The van der Waals surface area contributed by atoms with E-state index in [0.29, 0.717) is 17.6 Å². The fourth-order valence-corrected chi connectivity index (χ4v) is 4.14. The van der Waals surface area contributed by atoms with Gasteiger partial charge in [0.15, 0.2) is 0 Å². The summed E-state index contributed by atoms with van der Waals surface area (Å²) in [6, 6.07) is 6.82. The van der Waals surface area contributed by atoms with E-state index in [2.05, 4.69) is 16.9 Å². The van der Waals surface area contributed by atoms with Gasteiger partial charge < -0.3 is 19.4 Å². The van der Waals surface area contributed by atoms with Crippen molar-refractivity contribution in [3.8, 4) is 5.75 Å². The van der Waals surface area contributed by atoms with Crippen molar-refractivity contribution in [1.29, 1.82) is 0 Å². The molecule has 1 N–H and O–H groups in total. The maximum atomic E-state index is 12.6. The van der Waals surface area contributed by atoms with Crippen LogP contribution in [0.1, 0.15) is 36.0 Å². The Bertz CT molecular complexity index is 731. The molecule has 130 valence electrons. The third kappa shape index (κ3) is 2.76. The van der Waals surface area contributed by atoms with Gasteiger partial charge in [0.25, 0.3) is 0 Å². The summed E-state index contributed by atoms with van der Waals surface area (Å²) in [5.74, 6) is 0.498. The highest BCUT2D eigenvalue weighted by Gasteiger charge is 2.40. The number of methoxy groups -OCH3 is 1. The van der Waals surface area contributed by atoms with Gasteiger partial charge in [0.05, 0.1) is 18.2 Å². The molecule has 0 amide bonds. The number of nitrogens with one attached hydrogen (secondary N) is 1. The minimum atomic E-state index is -0.238.